The third-order valence-corrected chi connectivity index (χ3v) is 5.54. The van der Waals surface area contributed by atoms with Gasteiger partial charge in [-0.15, -0.1) is 0 Å². The van der Waals surface area contributed by atoms with Crippen LogP contribution >= 0.6 is 0 Å². The third kappa shape index (κ3) is 7.74. The van der Waals surface area contributed by atoms with Gasteiger partial charge in [-0.1, -0.05) is 49.0 Å². The summed E-state index contributed by atoms with van der Waals surface area (Å²) in [6.07, 6.45) is 3.32. The number of amides is 2. The molecule has 6 N–H and O–H groups in total. The molecule has 0 radical (unpaired) electrons. The smallest absolute Gasteiger partial charge is 0.268 e. The molecule has 1 aromatic heterocycles. The lowest BCUT2D eigenvalue weighted by molar-refractivity contribution is -0.133. The lowest BCUT2D eigenvalue weighted by Crippen LogP contribution is -2.48. The van der Waals surface area contributed by atoms with Crippen molar-refractivity contribution in [1.82, 2.24) is 21.1 Å². The molecule has 0 aliphatic rings. The summed E-state index contributed by atoms with van der Waals surface area (Å²) in [7, 11) is 0. The Morgan fingerprint density at radius 1 is 1.03 bits per heavy atom. The van der Waals surface area contributed by atoms with Crippen LogP contribution in [0.1, 0.15) is 18.1 Å². The van der Waals surface area contributed by atoms with Crippen molar-refractivity contribution < 1.29 is 19.9 Å². The van der Waals surface area contributed by atoms with Gasteiger partial charge < -0.3 is 21.1 Å². The topological polar surface area (TPSA) is 136 Å². The summed E-state index contributed by atoms with van der Waals surface area (Å²) >= 11 is 0. The van der Waals surface area contributed by atoms with Crippen LogP contribution in [0.2, 0.25) is 0 Å². The largest absolute Gasteiger partial charge is 0.391 e. The van der Waals surface area contributed by atoms with Gasteiger partial charge in [0.15, 0.2) is 0 Å². The molecular weight excluding hydrogens is 458 g/mol. The standard InChI is InChI=1S/C27H31N5O4/c1-18(30-26(19(2)33)27(35)32-36)21-5-7-22(8-6-21)23-9-11-24(12-10-23)31-25(34)17-29-15-13-20-4-3-14-28-16-20/h3-12,14,16,19,26,29-30,33,36H,1,13,15,17H2,2H3,(H,31,34)(H,32,35)/t19-,26+/m1/s1. The number of benzene rings is 2. The molecule has 0 unspecified atom stereocenters. The third-order valence-electron chi connectivity index (χ3n) is 5.54. The number of aromatic nitrogens is 1. The maximum absolute atomic E-state index is 12.2. The number of carbonyl (C=O) groups is 2. The van der Waals surface area contributed by atoms with Crippen LogP contribution in [-0.4, -0.2) is 52.3 Å². The lowest BCUT2D eigenvalue weighted by atomic mass is 10.0. The van der Waals surface area contributed by atoms with Crippen LogP contribution in [0, 0.1) is 0 Å². The number of rotatable bonds is 12. The van der Waals surface area contributed by atoms with Gasteiger partial charge in [-0.05, 0) is 60.3 Å². The summed E-state index contributed by atoms with van der Waals surface area (Å²) in [5.74, 6) is -0.870. The molecule has 0 bridgehead atoms. The van der Waals surface area contributed by atoms with Crippen LogP contribution < -0.4 is 21.4 Å². The number of nitrogens with one attached hydrogen (secondary N) is 4. The number of hydrogen-bond donors (Lipinski definition) is 6. The first-order valence-electron chi connectivity index (χ1n) is 11.5. The van der Waals surface area contributed by atoms with Gasteiger partial charge in [0.25, 0.3) is 5.91 Å². The van der Waals surface area contributed by atoms with E-state index in [1.54, 1.807) is 6.20 Å². The number of anilines is 1. The number of pyridine rings is 1. The minimum Gasteiger partial charge on any atom is -0.391 e. The Balaban J connectivity index is 1.50. The molecule has 0 spiro atoms. The number of carbonyl (C=O) groups excluding carboxylic acids is 2. The fourth-order valence-electron chi connectivity index (χ4n) is 3.54. The molecule has 3 rings (SSSR count). The zero-order valence-corrected chi connectivity index (χ0v) is 20.1. The van der Waals surface area contributed by atoms with E-state index in [-0.39, 0.29) is 12.5 Å². The molecule has 36 heavy (non-hydrogen) atoms. The molecule has 0 saturated carbocycles. The summed E-state index contributed by atoms with van der Waals surface area (Å²) in [5, 5.41) is 27.5. The molecule has 2 amide bonds. The normalized spacial score (nSPS) is 12.3. The summed E-state index contributed by atoms with van der Waals surface area (Å²) in [5.41, 5.74) is 6.45. The van der Waals surface area contributed by atoms with E-state index in [1.165, 1.54) is 12.4 Å². The molecule has 3 aromatic rings. The Morgan fingerprint density at radius 2 is 1.69 bits per heavy atom. The number of hydrogen-bond acceptors (Lipinski definition) is 7. The van der Waals surface area contributed by atoms with Gasteiger partial charge in [0.1, 0.15) is 6.04 Å². The van der Waals surface area contributed by atoms with Crippen molar-refractivity contribution in [2.24, 2.45) is 0 Å². The Labute approximate surface area is 210 Å². The second-order valence-electron chi connectivity index (χ2n) is 8.31. The second kappa shape index (κ2) is 13.1. The van der Waals surface area contributed by atoms with E-state index in [9.17, 15) is 14.7 Å². The Bertz CT molecular complexity index is 1150. The van der Waals surface area contributed by atoms with Crippen molar-refractivity contribution in [3.63, 3.8) is 0 Å². The van der Waals surface area contributed by atoms with Crippen LogP contribution in [0.3, 0.4) is 0 Å². The van der Waals surface area contributed by atoms with Gasteiger partial charge in [0, 0.05) is 23.8 Å². The van der Waals surface area contributed by atoms with E-state index in [0.717, 1.165) is 28.7 Å². The quantitative estimate of drug-likeness (QED) is 0.131. The zero-order chi connectivity index (χ0) is 25.9. The Kier molecular flexibility index (Phi) is 9.70. The van der Waals surface area contributed by atoms with Crippen molar-refractivity contribution in [2.75, 3.05) is 18.4 Å². The van der Waals surface area contributed by atoms with Crippen LogP contribution in [0.25, 0.3) is 16.8 Å². The highest BCUT2D eigenvalue weighted by Crippen LogP contribution is 2.23. The van der Waals surface area contributed by atoms with Crippen molar-refractivity contribution >= 4 is 23.2 Å². The summed E-state index contributed by atoms with van der Waals surface area (Å²) in [4.78, 5) is 28.0. The molecule has 0 fully saturated rings. The monoisotopic (exact) mass is 489 g/mol. The lowest BCUT2D eigenvalue weighted by Gasteiger charge is -2.22. The first-order valence-corrected chi connectivity index (χ1v) is 11.5. The van der Waals surface area contributed by atoms with Gasteiger partial charge in [0.2, 0.25) is 5.91 Å². The minimum atomic E-state index is -1.04. The van der Waals surface area contributed by atoms with E-state index in [2.05, 4.69) is 27.5 Å². The van der Waals surface area contributed by atoms with Gasteiger partial charge in [0.05, 0.1) is 12.6 Å². The fraction of sp³-hybridized carbons (Fsp3) is 0.222. The molecule has 2 aromatic carbocycles. The SMILES string of the molecule is C=C(N[C@H](C(=O)NO)[C@@H](C)O)c1ccc(-c2ccc(NC(=O)CNCCc3cccnc3)cc2)cc1. The first kappa shape index (κ1) is 26.6. The van der Waals surface area contributed by atoms with Crippen molar-refractivity contribution in [2.45, 2.75) is 25.5 Å². The first-order chi connectivity index (χ1) is 17.4. The molecule has 188 valence electrons. The Hall–Kier alpha value is -4.05. The van der Waals surface area contributed by atoms with Gasteiger partial charge in [-0.2, -0.15) is 0 Å². The molecule has 0 saturated heterocycles. The van der Waals surface area contributed by atoms with Gasteiger partial charge in [-0.25, -0.2) is 5.48 Å². The second-order valence-corrected chi connectivity index (χ2v) is 8.31. The maximum atomic E-state index is 12.2. The van der Waals surface area contributed by atoms with E-state index in [4.69, 9.17) is 5.21 Å². The molecule has 1 heterocycles. The predicted molar refractivity (Wildman–Crippen MR) is 139 cm³/mol. The molecule has 0 aliphatic heterocycles. The highest BCUT2D eigenvalue weighted by atomic mass is 16.5. The number of aliphatic hydroxyl groups excluding tert-OH is 1. The molecule has 2 atom stereocenters. The predicted octanol–water partition coefficient (Wildman–Crippen LogP) is 2.33. The van der Waals surface area contributed by atoms with Crippen molar-refractivity contribution in [1.29, 1.82) is 0 Å². The molecule has 9 nitrogen and oxygen atoms in total. The van der Waals surface area contributed by atoms with Crippen LogP contribution in [0.15, 0.2) is 79.6 Å². The number of aliphatic hydroxyl groups is 1. The summed E-state index contributed by atoms with van der Waals surface area (Å²) in [6.45, 7) is 6.26. The van der Waals surface area contributed by atoms with E-state index >= 15 is 0 Å². The van der Waals surface area contributed by atoms with Crippen molar-refractivity contribution in [3.8, 4) is 11.1 Å². The van der Waals surface area contributed by atoms with Crippen LogP contribution in [0.4, 0.5) is 5.69 Å². The summed E-state index contributed by atoms with van der Waals surface area (Å²) in [6, 6.07) is 17.9. The van der Waals surface area contributed by atoms with E-state index in [1.807, 2.05) is 66.9 Å². The van der Waals surface area contributed by atoms with Crippen molar-refractivity contribution in [3.05, 3.63) is 90.8 Å². The Morgan fingerprint density at radius 3 is 2.28 bits per heavy atom. The average Bonchev–Trinajstić information content (AvgIpc) is 2.90. The fourth-order valence-corrected chi connectivity index (χ4v) is 3.54. The molecule has 0 aliphatic carbocycles. The number of nitrogens with zero attached hydrogens (tertiary/aromatic N) is 1. The molecular formula is C27H31N5O4. The average molecular weight is 490 g/mol. The maximum Gasteiger partial charge on any atom is 0.268 e. The van der Waals surface area contributed by atoms with Gasteiger partial charge in [-0.3, -0.25) is 19.8 Å². The highest BCUT2D eigenvalue weighted by Gasteiger charge is 2.23. The highest BCUT2D eigenvalue weighted by molar-refractivity contribution is 5.92. The molecule has 9 heteroatoms. The van der Waals surface area contributed by atoms with Gasteiger partial charge >= 0.3 is 0 Å². The summed E-state index contributed by atoms with van der Waals surface area (Å²) < 4.78 is 0. The van der Waals surface area contributed by atoms with E-state index < -0.39 is 18.1 Å². The van der Waals surface area contributed by atoms with E-state index in [0.29, 0.717) is 17.9 Å². The van der Waals surface area contributed by atoms with Crippen LogP contribution in [-0.2, 0) is 16.0 Å². The van der Waals surface area contributed by atoms with Crippen LogP contribution in [0.5, 0.6) is 0 Å². The zero-order valence-electron chi connectivity index (χ0n) is 20.1. The number of hydroxylamine groups is 1. The minimum absolute atomic E-state index is 0.116.